The molecule has 168 valence electrons. The Morgan fingerprint density at radius 2 is 1.59 bits per heavy atom. The molecule has 0 N–H and O–H groups in total. The predicted molar refractivity (Wildman–Crippen MR) is 133 cm³/mol. The number of aromatic nitrogens is 2. The molecule has 0 atom stereocenters. The zero-order valence-corrected chi connectivity index (χ0v) is 19.4. The highest BCUT2D eigenvalue weighted by molar-refractivity contribution is 6.33. The van der Waals surface area contributed by atoms with Crippen molar-refractivity contribution in [2.24, 2.45) is 0 Å². The van der Waals surface area contributed by atoms with Gasteiger partial charge in [-0.2, -0.15) is 0 Å². The molecule has 0 fully saturated rings. The average Bonchev–Trinajstić information content (AvgIpc) is 3.12. The monoisotopic (exact) mass is 447 g/mol. The van der Waals surface area contributed by atoms with Crippen LogP contribution in [0.25, 0.3) is 17.3 Å². The van der Waals surface area contributed by atoms with Crippen molar-refractivity contribution in [3.63, 3.8) is 0 Å². The van der Waals surface area contributed by atoms with E-state index >= 15 is 0 Å². The summed E-state index contributed by atoms with van der Waals surface area (Å²) in [5.41, 5.74) is 7.70. The first-order valence-corrected chi connectivity index (χ1v) is 11.3. The van der Waals surface area contributed by atoms with Crippen molar-refractivity contribution in [1.29, 1.82) is 0 Å². The van der Waals surface area contributed by atoms with Crippen molar-refractivity contribution in [3.8, 4) is 5.69 Å². The van der Waals surface area contributed by atoms with Crippen LogP contribution in [0.5, 0.6) is 0 Å². The van der Waals surface area contributed by atoms with Crippen molar-refractivity contribution in [2.75, 3.05) is 0 Å². The van der Waals surface area contributed by atoms with Crippen LogP contribution in [0, 0.1) is 20.8 Å². The van der Waals surface area contributed by atoms with Gasteiger partial charge in [-0.1, -0.05) is 36.4 Å². The van der Waals surface area contributed by atoms with Crippen molar-refractivity contribution in [1.82, 2.24) is 14.5 Å². The van der Waals surface area contributed by atoms with Gasteiger partial charge in [0.1, 0.15) is 0 Å². The minimum atomic E-state index is -0.310. The molecule has 34 heavy (non-hydrogen) atoms. The molecular weight excluding hydrogens is 422 g/mol. The molecule has 1 aliphatic heterocycles. The lowest BCUT2D eigenvalue weighted by Crippen LogP contribution is -2.41. The van der Waals surface area contributed by atoms with Crippen LogP contribution in [-0.4, -0.2) is 26.3 Å². The molecule has 5 nitrogen and oxygen atoms in total. The molecule has 2 aromatic carbocycles. The number of hydrogen-bond donors (Lipinski definition) is 0. The molecule has 0 radical (unpaired) electrons. The van der Waals surface area contributed by atoms with E-state index in [1.807, 2.05) is 48.5 Å². The Morgan fingerprint density at radius 3 is 2.32 bits per heavy atom. The van der Waals surface area contributed by atoms with Crippen LogP contribution >= 0.6 is 0 Å². The fourth-order valence-electron chi connectivity index (χ4n) is 4.59. The van der Waals surface area contributed by atoms with E-state index in [0.29, 0.717) is 22.4 Å². The number of hydrogen-bond acceptors (Lipinski definition) is 3. The largest absolute Gasteiger partial charge is 0.318 e. The first kappa shape index (κ1) is 21.6. The summed E-state index contributed by atoms with van der Waals surface area (Å²) < 4.78 is 2.19. The number of imide groups is 1. The number of carbonyl (C=O) groups excluding carboxylic acids is 2. The van der Waals surface area contributed by atoms with Gasteiger partial charge < -0.3 is 4.57 Å². The Morgan fingerprint density at radius 1 is 0.824 bits per heavy atom. The van der Waals surface area contributed by atoms with Crippen LogP contribution in [0.4, 0.5) is 0 Å². The molecule has 0 saturated heterocycles. The number of fused-ring (bicyclic) bond motifs is 1. The number of aryl methyl sites for hydroxylation is 2. The van der Waals surface area contributed by atoms with Crippen molar-refractivity contribution in [2.45, 2.75) is 27.3 Å². The molecule has 4 aromatic rings. The standard InChI is InChI=1S/C29H25N3O2/c1-19-9-8-11-24(15-19)32-20(2)16-22(21(32)3)17-27-25-12-4-5-13-26(25)28(33)31(29(27)34)18-23-10-6-7-14-30-23/h4-17H,18H2,1-3H3. The van der Waals surface area contributed by atoms with Crippen LogP contribution in [0.1, 0.15) is 44.1 Å². The van der Waals surface area contributed by atoms with Gasteiger partial charge in [0.05, 0.1) is 12.2 Å². The highest BCUT2D eigenvalue weighted by atomic mass is 16.2. The number of pyridine rings is 1. The summed E-state index contributed by atoms with van der Waals surface area (Å²) in [6.07, 6.45) is 3.58. The maximum absolute atomic E-state index is 13.6. The number of amides is 2. The average molecular weight is 448 g/mol. The summed E-state index contributed by atoms with van der Waals surface area (Å²) in [5.74, 6) is -0.608. The van der Waals surface area contributed by atoms with Gasteiger partial charge in [-0.3, -0.25) is 19.5 Å². The lowest BCUT2D eigenvalue weighted by atomic mass is 9.92. The zero-order valence-electron chi connectivity index (χ0n) is 19.4. The number of benzene rings is 2. The van der Waals surface area contributed by atoms with Crippen LogP contribution in [-0.2, 0) is 11.3 Å². The van der Waals surface area contributed by atoms with E-state index < -0.39 is 0 Å². The highest BCUT2D eigenvalue weighted by Crippen LogP contribution is 2.33. The van der Waals surface area contributed by atoms with Crippen molar-refractivity contribution in [3.05, 3.63) is 118 Å². The summed E-state index contributed by atoms with van der Waals surface area (Å²) >= 11 is 0. The summed E-state index contributed by atoms with van der Waals surface area (Å²) in [4.78, 5) is 32.4. The molecule has 5 rings (SSSR count). The second-order valence-corrected chi connectivity index (χ2v) is 8.62. The topological polar surface area (TPSA) is 55.2 Å². The van der Waals surface area contributed by atoms with Crippen LogP contribution in [0.3, 0.4) is 0 Å². The quantitative estimate of drug-likeness (QED) is 0.306. The molecule has 2 amide bonds. The Bertz CT molecular complexity index is 1450. The smallest absolute Gasteiger partial charge is 0.261 e. The first-order chi connectivity index (χ1) is 16.4. The third kappa shape index (κ3) is 3.75. The van der Waals surface area contributed by atoms with E-state index in [-0.39, 0.29) is 18.4 Å². The number of rotatable bonds is 4. The van der Waals surface area contributed by atoms with E-state index in [0.717, 1.165) is 22.6 Å². The van der Waals surface area contributed by atoms with Gasteiger partial charge in [0.2, 0.25) is 0 Å². The van der Waals surface area contributed by atoms with Crippen molar-refractivity contribution >= 4 is 23.5 Å². The Labute approximate surface area is 199 Å². The first-order valence-electron chi connectivity index (χ1n) is 11.3. The summed E-state index contributed by atoms with van der Waals surface area (Å²) in [5, 5.41) is 0. The fraction of sp³-hybridized carbons (Fsp3) is 0.138. The predicted octanol–water partition coefficient (Wildman–Crippen LogP) is 5.52. The molecule has 0 spiro atoms. The van der Waals surface area contributed by atoms with Gasteiger partial charge in [0, 0.05) is 34.4 Å². The zero-order chi connectivity index (χ0) is 23.8. The SMILES string of the molecule is Cc1cccc(-n2c(C)cc(C=C3C(=O)N(Cc4ccccn4)C(=O)c4ccccc43)c2C)c1. The van der Waals surface area contributed by atoms with Gasteiger partial charge in [-0.15, -0.1) is 0 Å². The summed E-state index contributed by atoms with van der Waals surface area (Å²) in [6, 6.07) is 23.2. The fourth-order valence-corrected chi connectivity index (χ4v) is 4.59. The Balaban J connectivity index is 1.62. The molecular formula is C29H25N3O2. The number of carbonyl (C=O) groups is 2. The third-order valence-corrected chi connectivity index (χ3v) is 6.24. The van der Waals surface area contributed by atoms with E-state index in [4.69, 9.17) is 0 Å². The van der Waals surface area contributed by atoms with E-state index in [2.05, 4.69) is 54.6 Å². The lowest BCUT2D eigenvalue weighted by molar-refractivity contribution is -0.123. The van der Waals surface area contributed by atoms with Gasteiger partial charge >= 0.3 is 0 Å². The molecule has 2 aromatic heterocycles. The summed E-state index contributed by atoms with van der Waals surface area (Å²) in [6.45, 7) is 6.32. The van der Waals surface area contributed by atoms with E-state index in [1.165, 1.54) is 10.5 Å². The Kier molecular flexibility index (Phi) is 5.46. The highest BCUT2D eigenvalue weighted by Gasteiger charge is 2.35. The number of nitrogens with zero attached hydrogens (tertiary/aromatic N) is 3. The lowest BCUT2D eigenvalue weighted by Gasteiger charge is -2.28. The molecule has 1 aliphatic rings. The van der Waals surface area contributed by atoms with Crippen LogP contribution in [0.15, 0.2) is 79.0 Å². The minimum absolute atomic E-state index is 0.131. The van der Waals surface area contributed by atoms with Gasteiger partial charge in [-0.25, -0.2) is 0 Å². The van der Waals surface area contributed by atoms with E-state index in [9.17, 15) is 9.59 Å². The second kappa shape index (κ2) is 8.60. The minimum Gasteiger partial charge on any atom is -0.318 e. The van der Waals surface area contributed by atoms with Crippen molar-refractivity contribution < 1.29 is 9.59 Å². The maximum Gasteiger partial charge on any atom is 0.261 e. The molecule has 0 bridgehead atoms. The molecule has 3 heterocycles. The van der Waals surface area contributed by atoms with Gasteiger partial charge in [0.15, 0.2) is 0 Å². The third-order valence-electron chi connectivity index (χ3n) is 6.24. The van der Waals surface area contributed by atoms with Gasteiger partial charge in [-0.05, 0) is 79.9 Å². The van der Waals surface area contributed by atoms with E-state index in [1.54, 1.807) is 12.3 Å². The van der Waals surface area contributed by atoms with Crippen LogP contribution in [0.2, 0.25) is 0 Å². The normalized spacial score (nSPS) is 14.6. The molecule has 0 unspecified atom stereocenters. The maximum atomic E-state index is 13.6. The molecule has 0 aliphatic carbocycles. The summed E-state index contributed by atoms with van der Waals surface area (Å²) in [7, 11) is 0. The Hall–Kier alpha value is -4.25. The van der Waals surface area contributed by atoms with Gasteiger partial charge in [0.25, 0.3) is 11.8 Å². The second-order valence-electron chi connectivity index (χ2n) is 8.62. The molecule has 0 saturated carbocycles. The molecule has 5 heteroatoms. The van der Waals surface area contributed by atoms with Crippen LogP contribution < -0.4 is 0 Å².